The molecule has 0 fully saturated rings. The van der Waals surface area contributed by atoms with Crippen LogP contribution in [0.4, 0.5) is 0 Å². The molecule has 0 spiro atoms. The van der Waals surface area contributed by atoms with Crippen LogP contribution in [0.25, 0.3) is 11.6 Å². The number of nitrogens with two attached hydrogens (primary N) is 1. The molecule has 0 saturated heterocycles. The Morgan fingerprint density at radius 1 is 1.05 bits per heavy atom. The Balaban J connectivity index is 2.18. The van der Waals surface area contributed by atoms with Gasteiger partial charge in [-0.1, -0.05) is 60.7 Å². The molecule has 1 heteroatoms. The van der Waals surface area contributed by atoms with Gasteiger partial charge in [0.25, 0.3) is 0 Å². The largest absolute Gasteiger partial charge is 0.330 e. The first-order valence-corrected chi connectivity index (χ1v) is 6.82. The summed E-state index contributed by atoms with van der Waals surface area (Å²) >= 11 is 0. The third-order valence-corrected chi connectivity index (χ3v) is 3.23. The monoisotopic (exact) mass is 251 g/mol. The number of allylic oxidation sites excluding steroid dienone is 1. The normalized spacial score (nSPS) is 11.6. The molecule has 2 aromatic rings. The van der Waals surface area contributed by atoms with Crippen LogP contribution in [0.3, 0.4) is 0 Å². The Bertz CT molecular complexity index is 541. The first-order chi connectivity index (χ1) is 9.29. The van der Waals surface area contributed by atoms with Gasteiger partial charge in [-0.15, -0.1) is 0 Å². The van der Waals surface area contributed by atoms with Gasteiger partial charge in [0, 0.05) is 0 Å². The first-order valence-electron chi connectivity index (χ1n) is 6.82. The highest BCUT2D eigenvalue weighted by Gasteiger charge is 1.97. The average molecular weight is 251 g/mol. The van der Waals surface area contributed by atoms with Crippen LogP contribution in [-0.2, 0) is 6.42 Å². The van der Waals surface area contributed by atoms with Crippen LogP contribution in [0, 0.1) is 0 Å². The Labute approximate surface area is 115 Å². The summed E-state index contributed by atoms with van der Waals surface area (Å²) in [6, 6.07) is 19.2. The molecule has 0 aliphatic rings. The molecule has 0 saturated carbocycles. The van der Waals surface area contributed by atoms with E-state index >= 15 is 0 Å². The summed E-state index contributed by atoms with van der Waals surface area (Å²) in [6.45, 7) is 2.91. The van der Waals surface area contributed by atoms with Crippen LogP contribution in [0.15, 0.2) is 54.6 Å². The smallest absolute Gasteiger partial charge is 0.00741 e. The van der Waals surface area contributed by atoms with Gasteiger partial charge in [-0.05, 0) is 48.6 Å². The van der Waals surface area contributed by atoms with Crippen molar-refractivity contribution in [3.8, 4) is 0 Å². The highest BCUT2D eigenvalue weighted by Crippen LogP contribution is 2.18. The van der Waals surface area contributed by atoms with Crippen molar-refractivity contribution in [3.63, 3.8) is 0 Å². The van der Waals surface area contributed by atoms with Crippen molar-refractivity contribution in [1.82, 2.24) is 0 Å². The minimum absolute atomic E-state index is 0.753. The van der Waals surface area contributed by atoms with E-state index in [2.05, 4.69) is 61.5 Å². The molecule has 0 aliphatic carbocycles. The van der Waals surface area contributed by atoms with E-state index in [1.165, 1.54) is 22.3 Å². The fraction of sp³-hybridized carbons (Fsp3) is 0.222. The second-order valence-electron chi connectivity index (χ2n) is 4.83. The predicted molar refractivity (Wildman–Crippen MR) is 83.8 cm³/mol. The SMILES string of the molecule is CC(=Cc1cccc(CCCN)c1)c1ccccc1. The van der Waals surface area contributed by atoms with Gasteiger partial charge in [-0.3, -0.25) is 0 Å². The highest BCUT2D eigenvalue weighted by molar-refractivity contribution is 5.80. The molecule has 0 bridgehead atoms. The van der Waals surface area contributed by atoms with E-state index in [0.717, 1.165) is 19.4 Å². The van der Waals surface area contributed by atoms with Crippen molar-refractivity contribution in [2.24, 2.45) is 5.73 Å². The Morgan fingerprint density at radius 3 is 2.58 bits per heavy atom. The quantitative estimate of drug-likeness (QED) is 0.794. The van der Waals surface area contributed by atoms with Gasteiger partial charge >= 0.3 is 0 Å². The van der Waals surface area contributed by atoms with Crippen molar-refractivity contribution in [1.29, 1.82) is 0 Å². The van der Waals surface area contributed by atoms with Gasteiger partial charge < -0.3 is 5.73 Å². The van der Waals surface area contributed by atoms with Crippen LogP contribution in [0.1, 0.15) is 30.0 Å². The summed E-state index contributed by atoms with van der Waals surface area (Å²) in [6.07, 6.45) is 4.34. The van der Waals surface area contributed by atoms with Gasteiger partial charge in [0.05, 0.1) is 0 Å². The van der Waals surface area contributed by atoms with Gasteiger partial charge in [-0.2, -0.15) is 0 Å². The number of rotatable bonds is 5. The molecule has 1 nitrogen and oxygen atoms in total. The second kappa shape index (κ2) is 6.91. The third kappa shape index (κ3) is 4.08. The third-order valence-electron chi connectivity index (χ3n) is 3.23. The van der Waals surface area contributed by atoms with Gasteiger partial charge in [0.1, 0.15) is 0 Å². The summed E-state index contributed by atoms with van der Waals surface area (Å²) < 4.78 is 0. The number of benzene rings is 2. The minimum atomic E-state index is 0.753. The van der Waals surface area contributed by atoms with E-state index < -0.39 is 0 Å². The standard InChI is InChI=1S/C18H21N/c1-15(18-10-3-2-4-11-18)13-17-8-5-7-16(14-17)9-6-12-19/h2-5,7-8,10-11,13-14H,6,9,12,19H2,1H3. The lowest BCUT2D eigenvalue weighted by Crippen LogP contribution is -2.00. The van der Waals surface area contributed by atoms with Gasteiger partial charge in [0.2, 0.25) is 0 Å². The van der Waals surface area contributed by atoms with E-state index in [9.17, 15) is 0 Å². The van der Waals surface area contributed by atoms with E-state index in [1.54, 1.807) is 0 Å². The molecule has 0 atom stereocenters. The number of aryl methyl sites for hydroxylation is 1. The van der Waals surface area contributed by atoms with Crippen LogP contribution in [-0.4, -0.2) is 6.54 Å². The molecule has 0 aliphatic heterocycles. The van der Waals surface area contributed by atoms with E-state index in [-0.39, 0.29) is 0 Å². The zero-order valence-electron chi connectivity index (χ0n) is 11.5. The maximum Gasteiger partial charge on any atom is -0.00741 e. The summed E-state index contributed by atoms with van der Waals surface area (Å²) in [5, 5.41) is 0. The number of hydrogen-bond acceptors (Lipinski definition) is 1. The predicted octanol–water partition coefficient (Wildman–Crippen LogP) is 4.14. The van der Waals surface area contributed by atoms with Crippen molar-refractivity contribution in [2.45, 2.75) is 19.8 Å². The maximum absolute atomic E-state index is 5.56. The lowest BCUT2D eigenvalue weighted by atomic mass is 10.0. The van der Waals surface area contributed by atoms with Crippen molar-refractivity contribution in [3.05, 3.63) is 71.3 Å². The second-order valence-corrected chi connectivity index (χ2v) is 4.83. The molecule has 19 heavy (non-hydrogen) atoms. The Hall–Kier alpha value is -1.86. The van der Waals surface area contributed by atoms with Crippen LogP contribution >= 0.6 is 0 Å². The zero-order chi connectivity index (χ0) is 13.5. The lowest BCUT2D eigenvalue weighted by molar-refractivity contribution is 0.832. The van der Waals surface area contributed by atoms with E-state index in [0.29, 0.717) is 0 Å². The Kier molecular flexibility index (Phi) is 4.93. The average Bonchev–Trinajstić information content (AvgIpc) is 2.46. The van der Waals surface area contributed by atoms with Gasteiger partial charge in [-0.25, -0.2) is 0 Å². The molecule has 2 N–H and O–H groups in total. The van der Waals surface area contributed by atoms with Crippen molar-refractivity contribution in [2.75, 3.05) is 6.54 Å². The van der Waals surface area contributed by atoms with E-state index in [4.69, 9.17) is 5.73 Å². The molecule has 0 unspecified atom stereocenters. The topological polar surface area (TPSA) is 26.0 Å². The molecular weight excluding hydrogens is 230 g/mol. The summed E-state index contributed by atoms with van der Waals surface area (Å²) in [5.74, 6) is 0. The highest BCUT2D eigenvalue weighted by atomic mass is 14.5. The molecule has 98 valence electrons. The van der Waals surface area contributed by atoms with Crippen molar-refractivity contribution < 1.29 is 0 Å². The molecule has 0 radical (unpaired) electrons. The van der Waals surface area contributed by atoms with Crippen LogP contribution in [0.2, 0.25) is 0 Å². The minimum Gasteiger partial charge on any atom is -0.330 e. The fourth-order valence-electron chi connectivity index (χ4n) is 2.18. The zero-order valence-corrected chi connectivity index (χ0v) is 11.5. The summed E-state index contributed by atoms with van der Waals surface area (Å²) in [4.78, 5) is 0. The molecule has 2 aromatic carbocycles. The van der Waals surface area contributed by atoms with Crippen LogP contribution < -0.4 is 5.73 Å². The maximum atomic E-state index is 5.56. The van der Waals surface area contributed by atoms with E-state index in [1.807, 2.05) is 6.07 Å². The Morgan fingerprint density at radius 2 is 1.84 bits per heavy atom. The fourth-order valence-corrected chi connectivity index (χ4v) is 2.18. The first kappa shape index (κ1) is 13.6. The number of hydrogen-bond donors (Lipinski definition) is 1. The van der Waals surface area contributed by atoms with Crippen molar-refractivity contribution >= 4 is 11.6 Å². The molecule has 0 aromatic heterocycles. The van der Waals surface area contributed by atoms with Crippen LogP contribution in [0.5, 0.6) is 0 Å². The summed E-state index contributed by atoms with van der Waals surface area (Å²) in [5.41, 5.74) is 10.7. The molecule has 0 amide bonds. The molecule has 2 rings (SSSR count). The van der Waals surface area contributed by atoms with Gasteiger partial charge in [0.15, 0.2) is 0 Å². The summed E-state index contributed by atoms with van der Waals surface area (Å²) in [7, 11) is 0. The molecular formula is C18H21N. The molecule has 0 heterocycles. The lowest BCUT2D eigenvalue weighted by Gasteiger charge is -2.04.